The van der Waals surface area contributed by atoms with Gasteiger partial charge in [-0.3, -0.25) is 0 Å². The summed E-state index contributed by atoms with van der Waals surface area (Å²) in [5.74, 6) is 0.632. The van der Waals surface area contributed by atoms with Crippen LogP contribution in [0.2, 0.25) is 0 Å². The van der Waals surface area contributed by atoms with E-state index in [-0.39, 0.29) is 0 Å². The molecule has 17 heavy (non-hydrogen) atoms. The lowest BCUT2D eigenvalue weighted by atomic mass is 10.2. The van der Waals surface area contributed by atoms with Crippen molar-refractivity contribution in [3.8, 4) is 11.5 Å². The van der Waals surface area contributed by atoms with E-state index >= 15 is 0 Å². The maximum absolute atomic E-state index is 11.7. The highest BCUT2D eigenvalue weighted by Crippen LogP contribution is 2.31. The first-order valence-corrected chi connectivity index (χ1v) is 5.80. The van der Waals surface area contributed by atoms with Crippen LogP contribution in [-0.4, -0.2) is 25.8 Å². The van der Waals surface area contributed by atoms with Crippen LogP contribution in [-0.2, 0) is 4.74 Å². The van der Waals surface area contributed by atoms with Crippen LogP contribution in [0.1, 0.15) is 31.1 Å². The minimum Gasteiger partial charge on any atom is -0.490 e. The van der Waals surface area contributed by atoms with Gasteiger partial charge in [-0.15, -0.1) is 0 Å². The summed E-state index contributed by atoms with van der Waals surface area (Å²) >= 11 is 0. The van der Waals surface area contributed by atoms with Crippen molar-refractivity contribution in [3.05, 3.63) is 23.8 Å². The predicted octanol–water partition coefficient (Wildman–Crippen LogP) is 2.66. The normalized spacial score (nSPS) is 9.82. The van der Waals surface area contributed by atoms with Gasteiger partial charge in [-0.25, -0.2) is 4.79 Å². The average molecular weight is 238 g/mol. The molecule has 0 saturated heterocycles. The van der Waals surface area contributed by atoms with Crippen LogP contribution in [0, 0.1) is 0 Å². The van der Waals surface area contributed by atoms with Crippen molar-refractivity contribution in [1.82, 2.24) is 0 Å². The van der Waals surface area contributed by atoms with E-state index < -0.39 is 5.97 Å². The maximum Gasteiger partial charge on any atom is 0.342 e. The standard InChI is InChI=1S/C13H18O4/c1-4-15-11-9-7-8-10(12(11)16-5-2)13(14)17-6-3/h7-9H,4-6H2,1-3H3. The Labute approximate surface area is 101 Å². The molecule has 1 rings (SSSR count). The lowest BCUT2D eigenvalue weighted by Crippen LogP contribution is -2.09. The minimum atomic E-state index is -0.391. The van der Waals surface area contributed by atoms with Gasteiger partial charge < -0.3 is 14.2 Å². The first kappa shape index (κ1) is 13.4. The van der Waals surface area contributed by atoms with Crippen LogP contribution in [0.25, 0.3) is 0 Å². The van der Waals surface area contributed by atoms with E-state index in [1.807, 2.05) is 13.8 Å². The Balaban J connectivity index is 3.09. The molecule has 4 heteroatoms. The summed E-state index contributed by atoms with van der Waals surface area (Å²) in [4.78, 5) is 11.7. The zero-order valence-electron chi connectivity index (χ0n) is 10.5. The van der Waals surface area contributed by atoms with Crippen molar-refractivity contribution < 1.29 is 19.0 Å². The molecule has 0 heterocycles. The fourth-order valence-electron chi connectivity index (χ4n) is 1.45. The van der Waals surface area contributed by atoms with E-state index in [1.165, 1.54) is 0 Å². The number of carbonyl (C=O) groups is 1. The Bertz CT molecular complexity index is 374. The number of benzene rings is 1. The molecule has 0 unspecified atom stereocenters. The van der Waals surface area contributed by atoms with E-state index in [2.05, 4.69) is 0 Å². The number of hydrogen-bond donors (Lipinski definition) is 0. The Hall–Kier alpha value is -1.71. The summed E-state index contributed by atoms with van der Waals surface area (Å²) in [7, 11) is 0. The largest absolute Gasteiger partial charge is 0.490 e. The number of carbonyl (C=O) groups excluding carboxylic acids is 1. The third-order valence-corrected chi connectivity index (χ3v) is 2.06. The van der Waals surface area contributed by atoms with Gasteiger partial charge in [0.15, 0.2) is 11.5 Å². The van der Waals surface area contributed by atoms with Gasteiger partial charge in [0.1, 0.15) is 5.56 Å². The Morgan fingerprint density at radius 2 is 1.76 bits per heavy atom. The van der Waals surface area contributed by atoms with Gasteiger partial charge in [-0.1, -0.05) is 6.07 Å². The Morgan fingerprint density at radius 1 is 1.06 bits per heavy atom. The van der Waals surface area contributed by atoms with Gasteiger partial charge in [0.25, 0.3) is 0 Å². The Morgan fingerprint density at radius 3 is 2.35 bits per heavy atom. The summed E-state index contributed by atoms with van der Waals surface area (Å²) in [5.41, 5.74) is 0.402. The molecule has 4 nitrogen and oxygen atoms in total. The number of hydrogen-bond acceptors (Lipinski definition) is 4. The fraction of sp³-hybridized carbons (Fsp3) is 0.462. The number of ether oxygens (including phenoxy) is 3. The third kappa shape index (κ3) is 3.37. The second-order valence-electron chi connectivity index (χ2n) is 3.22. The van der Waals surface area contributed by atoms with Crippen molar-refractivity contribution in [1.29, 1.82) is 0 Å². The SMILES string of the molecule is CCOC(=O)c1cccc(OCC)c1OCC. The summed E-state index contributed by atoms with van der Waals surface area (Å²) in [6.07, 6.45) is 0. The third-order valence-electron chi connectivity index (χ3n) is 2.06. The smallest absolute Gasteiger partial charge is 0.342 e. The molecule has 0 aliphatic heterocycles. The quantitative estimate of drug-likeness (QED) is 0.715. The van der Waals surface area contributed by atoms with Gasteiger partial charge in [-0.05, 0) is 32.9 Å². The first-order valence-electron chi connectivity index (χ1n) is 5.80. The molecule has 0 fully saturated rings. The van der Waals surface area contributed by atoms with E-state index in [9.17, 15) is 4.79 Å². The highest BCUT2D eigenvalue weighted by Gasteiger charge is 2.17. The topological polar surface area (TPSA) is 44.8 Å². The molecule has 0 bridgehead atoms. The van der Waals surface area contributed by atoms with Crippen molar-refractivity contribution in [2.45, 2.75) is 20.8 Å². The zero-order chi connectivity index (χ0) is 12.7. The van der Waals surface area contributed by atoms with Crippen molar-refractivity contribution in [3.63, 3.8) is 0 Å². The van der Waals surface area contributed by atoms with E-state index in [1.54, 1.807) is 25.1 Å². The molecule has 1 aromatic rings. The predicted molar refractivity (Wildman–Crippen MR) is 64.7 cm³/mol. The van der Waals surface area contributed by atoms with Crippen LogP contribution >= 0.6 is 0 Å². The molecule has 0 aromatic heterocycles. The lowest BCUT2D eigenvalue weighted by Gasteiger charge is -2.14. The van der Waals surface area contributed by atoms with Crippen LogP contribution in [0.5, 0.6) is 11.5 Å². The first-order chi connectivity index (χ1) is 8.24. The van der Waals surface area contributed by atoms with Crippen LogP contribution < -0.4 is 9.47 Å². The van der Waals surface area contributed by atoms with Crippen LogP contribution in [0.15, 0.2) is 18.2 Å². The van der Waals surface area contributed by atoms with E-state index in [4.69, 9.17) is 14.2 Å². The molecular weight excluding hydrogens is 220 g/mol. The van der Waals surface area contributed by atoms with Crippen LogP contribution in [0.3, 0.4) is 0 Å². The number of rotatable bonds is 6. The molecule has 0 N–H and O–H groups in total. The molecule has 0 saturated carbocycles. The Kier molecular flexibility index (Phi) is 5.33. The second kappa shape index (κ2) is 6.78. The van der Waals surface area contributed by atoms with Crippen molar-refractivity contribution in [2.24, 2.45) is 0 Å². The lowest BCUT2D eigenvalue weighted by molar-refractivity contribution is 0.0521. The summed E-state index contributed by atoms with van der Waals surface area (Å²) in [6, 6.07) is 5.20. The summed E-state index contributed by atoms with van der Waals surface area (Å²) in [6.45, 7) is 6.83. The van der Waals surface area contributed by atoms with E-state index in [0.29, 0.717) is 36.9 Å². The fourth-order valence-corrected chi connectivity index (χ4v) is 1.45. The van der Waals surface area contributed by atoms with Gasteiger partial charge in [0.2, 0.25) is 0 Å². The van der Waals surface area contributed by atoms with Gasteiger partial charge in [0, 0.05) is 0 Å². The molecule has 0 spiro atoms. The van der Waals surface area contributed by atoms with Gasteiger partial charge >= 0.3 is 5.97 Å². The monoisotopic (exact) mass is 238 g/mol. The maximum atomic E-state index is 11.7. The second-order valence-corrected chi connectivity index (χ2v) is 3.22. The number of esters is 1. The molecule has 0 aliphatic carbocycles. The highest BCUT2D eigenvalue weighted by molar-refractivity contribution is 5.93. The van der Waals surface area contributed by atoms with Crippen molar-refractivity contribution in [2.75, 3.05) is 19.8 Å². The van der Waals surface area contributed by atoms with E-state index in [0.717, 1.165) is 0 Å². The molecule has 0 atom stereocenters. The molecule has 0 amide bonds. The van der Waals surface area contributed by atoms with Crippen molar-refractivity contribution >= 4 is 5.97 Å². The summed E-state index contributed by atoms with van der Waals surface area (Å²) in [5, 5.41) is 0. The number of para-hydroxylation sites is 1. The molecular formula is C13H18O4. The highest BCUT2D eigenvalue weighted by atomic mass is 16.5. The van der Waals surface area contributed by atoms with Gasteiger partial charge in [-0.2, -0.15) is 0 Å². The van der Waals surface area contributed by atoms with Crippen LogP contribution in [0.4, 0.5) is 0 Å². The zero-order valence-corrected chi connectivity index (χ0v) is 10.5. The summed E-state index contributed by atoms with van der Waals surface area (Å²) < 4.78 is 15.9. The van der Waals surface area contributed by atoms with Gasteiger partial charge in [0.05, 0.1) is 19.8 Å². The average Bonchev–Trinajstić information content (AvgIpc) is 2.32. The minimum absolute atomic E-state index is 0.337. The molecule has 94 valence electrons. The molecule has 1 aromatic carbocycles. The molecule has 0 aliphatic rings. The molecule has 0 radical (unpaired) electrons.